The van der Waals surface area contributed by atoms with Gasteiger partial charge in [-0.15, -0.1) is 0 Å². The highest BCUT2D eigenvalue weighted by molar-refractivity contribution is 6.30. The van der Waals surface area contributed by atoms with Gasteiger partial charge in [-0.25, -0.2) is 0 Å². The first-order valence-electron chi connectivity index (χ1n) is 8.34. The van der Waals surface area contributed by atoms with Crippen molar-refractivity contribution in [2.45, 2.75) is 37.9 Å². The number of carbonyl (C=O) groups is 1. The minimum absolute atomic E-state index is 0.163. The Bertz CT molecular complexity index is 773. The van der Waals surface area contributed by atoms with Gasteiger partial charge in [0, 0.05) is 5.02 Å². The second kappa shape index (κ2) is 6.70. The van der Waals surface area contributed by atoms with Crippen molar-refractivity contribution in [3.05, 3.63) is 64.7 Å². The van der Waals surface area contributed by atoms with Crippen LogP contribution in [-0.4, -0.2) is 23.2 Å². The van der Waals surface area contributed by atoms with Crippen molar-refractivity contribution in [3.8, 4) is 5.75 Å². The number of fused-ring (bicyclic) bond motifs is 1. The van der Waals surface area contributed by atoms with Crippen LogP contribution in [-0.2, 0) is 16.8 Å². The molecule has 1 atom stereocenters. The second-order valence-corrected chi connectivity index (χ2v) is 7.37. The molecule has 0 aliphatic heterocycles. The maximum atomic E-state index is 12.6. The summed E-state index contributed by atoms with van der Waals surface area (Å²) in [7, 11) is 0. The summed E-state index contributed by atoms with van der Waals surface area (Å²) in [6.07, 6.45) is 1.41. The van der Waals surface area contributed by atoms with Crippen LogP contribution in [0.15, 0.2) is 48.5 Å². The minimum Gasteiger partial charge on any atom is -0.478 e. The Morgan fingerprint density at radius 2 is 1.92 bits per heavy atom. The summed E-state index contributed by atoms with van der Waals surface area (Å²) in [6.45, 7) is 3.56. The number of nitrogens with one attached hydrogen (secondary N) is 1. The van der Waals surface area contributed by atoms with Crippen molar-refractivity contribution in [1.82, 2.24) is 5.32 Å². The molecule has 0 saturated heterocycles. The molecule has 5 heteroatoms. The normalized spacial score (nSPS) is 19.4. The van der Waals surface area contributed by atoms with Crippen LogP contribution < -0.4 is 10.1 Å². The van der Waals surface area contributed by atoms with Gasteiger partial charge >= 0.3 is 0 Å². The lowest BCUT2D eigenvalue weighted by Crippen LogP contribution is -2.50. The quantitative estimate of drug-likeness (QED) is 0.859. The molecule has 0 fully saturated rings. The van der Waals surface area contributed by atoms with E-state index in [0.717, 1.165) is 17.5 Å². The fraction of sp³-hybridized carbons (Fsp3) is 0.350. The summed E-state index contributed by atoms with van der Waals surface area (Å²) in [5.41, 5.74) is -0.0621. The third-order valence-corrected chi connectivity index (χ3v) is 4.85. The van der Waals surface area contributed by atoms with Gasteiger partial charge in [0.05, 0.1) is 6.54 Å². The van der Waals surface area contributed by atoms with Crippen LogP contribution in [0.2, 0.25) is 5.02 Å². The summed E-state index contributed by atoms with van der Waals surface area (Å²) >= 11 is 5.86. The number of hydrogen-bond donors (Lipinski definition) is 2. The van der Waals surface area contributed by atoms with Crippen LogP contribution in [0.4, 0.5) is 0 Å². The predicted molar refractivity (Wildman–Crippen MR) is 97.8 cm³/mol. The van der Waals surface area contributed by atoms with Gasteiger partial charge in [-0.2, -0.15) is 0 Å². The van der Waals surface area contributed by atoms with Gasteiger partial charge in [-0.1, -0.05) is 35.9 Å². The molecule has 0 spiro atoms. The van der Waals surface area contributed by atoms with Gasteiger partial charge in [0.1, 0.15) is 11.4 Å². The third kappa shape index (κ3) is 3.80. The smallest absolute Gasteiger partial charge is 0.263 e. The van der Waals surface area contributed by atoms with Crippen LogP contribution in [0, 0.1) is 0 Å². The van der Waals surface area contributed by atoms with E-state index in [1.807, 2.05) is 24.3 Å². The highest BCUT2D eigenvalue weighted by Gasteiger charge is 2.38. The average molecular weight is 360 g/mol. The molecular formula is C20H22ClNO3. The van der Waals surface area contributed by atoms with Crippen LogP contribution in [0.3, 0.4) is 0 Å². The van der Waals surface area contributed by atoms with Crippen LogP contribution in [0.5, 0.6) is 5.75 Å². The van der Waals surface area contributed by atoms with Gasteiger partial charge in [0.25, 0.3) is 5.91 Å². The fourth-order valence-corrected chi connectivity index (χ4v) is 3.26. The Morgan fingerprint density at radius 3 is 2.64 bits per heavy atom. The molecule has 1 aliphatic carbocycles. The Labute approximate surface area is 152 Å². The minimum atomic E-state index is -1.07. The predicted octanol–water partition coefficient (Wildman–Crippen LogP) is 3.45. The number of aryl methyl sites for hydroxylation is 1. The molecule has 0 aromatic heterocycles. The molecule has 2 aromatic rings. The van der Waals surface area contributed by atoms with Crippen molar-refractivity contribution in [3.63, 3.8) is 0 Å². The largest absolute Gasteiger partial charge is 0.478 e. The molecule has 25 heavy (non-hydrogen) atoms. The van der Waals surface area contributed by atoms with E-state index in [4.69, 9.17) is 16.3 Å². The maximum Gasteiger partial charge on any atom is 0.263 e. The van der Waals surface area contributed by atoms with E-state index in [1.54, 1.807) is 38.1 Å². The molecule has 1 aliphatic rings. The first-order valence-corrected chi connectivity index (χ1v) is 8.72. The molecule has 132 valence electrons. The Hall–Kier alpha value is -2.04. The first-order chi connectivity index (χ1) is 11.8. The zero-order valence-electron chi connectivity index (χ0n) is 14.4. The molecule has 4 nitrogen and oxygen atoms in total. The molecular weight excluding hydrogens is 338 g/mol. The van der Waals surface area contributed by atoms with Gasteiger partial charge in [-0.3, -0.25) is 4.79 Å². The lowest BCUT2D eigenvalue weighted by Gasteiger charge is -2.29. The Balaban J connectivity index is 1.65. The number of amides is 1. The molecule has 1 amide bonds. The molecule has 0 radical (unpaired) electrons. The molecule has 2 aromatic carbocycles. The lowest BCUT2D eigenvalue weighted by atomic mass is 9.95. The standard InChI is InChI=1S/C20H22ClNO3/c1-19(2,25-16-9-7-15(21)8-10-16)18(23)22-13-20(24)12-11-14-5-3-4-6-17(14)20/h3-10,24H,11-13H2,1-2H3,(H,22,23). The Kier molecular flexibility index (Phi) is 4.76. The number of carbonyl (C=O) groups excluding carboxylic acids is 1. The van der Waals surface area contributed by atoms with E-state index in [9.17, 15) is 9.90 Å². The van der Waals surface area contributed by atoms with Crippen LogP contribution >= 0.6 is 11.6 Å². The molecule has 0 heterocycles. The van der Waals surface area contributed by atoms with Gasteiger partial charge in [0.2, 0.25) is 0 Å². The van der Waals surface area contributed by atoms with E-state index in [2.05, 4.69) is 5.32 Å². The van der Waals surface area contributed by atoms with Gasteiger partial charge < -0.3 is 15.2 Å². The number of rotatable bonds is 5. The molecule has 1 unspecified atom stereocenters. The number of ether oxygens (including phenoxy) is 1. The van der Waals surface area contributed by atoms with Crippen molar-refractivity contribution >= 4 is 17.5 Å². The second-order valence-electron chi connectivity index (χ2n) is 6.94. The van der Waals surface area contributed by atoms with Crippen LogP contribution in [0.25, 0.3) is 0 Å². The monoisotopic (exact) mass is 359 g/mol. The zero-order chi connectivity index (χ0) is 18.1. The van der Waals surface area contributed by atoms with Crippen LogP contribution in [0.1, 0.15) is 31.4 Å². The SMILES string of the molecule is CC(C)(Oc1ccc(Cl)cc1)C(=O)NCC1(O)CCc2ccccc21. The molecule has 3 rings (SSSR count). The van der Waals surface area contributed by atoms with E-state index >= 15 is 0 Å². The highest BCUT2D eigenvalue weighted by atomic mass is 35.5. The topological polar surface area (TPSA) is 58.6 Å². The third-order valence-electron chi connectivity index (χ3n) is 4.60. The van der Waals surface area contributed by atoms with Crippen molar-refractivity contribution in [2.24, 2.45) is 0 Å². The lowest BCUT2D eigenvalue weighted by molar-refractivity contribution is -0.135. The maximum absolute atomic E-state index is 12.6. The summed E-state index contributed by atoms with van der Waals surface area (Å²) in [5, 5.41) is 14.4. The number of hydrogen-bond acceptors (Lipinski definition) is 3. The Morgan fingerprint density at radius 1 is 1.24 bits per heavy atom. The molecule has 0 saturated carbocycles. The van der Waals surface area contributed by atoms with E-state index in [-0.39, 0.29) is 12.5 Å². The zero-order valence-corrected chi connectivity index (χ0v) is 15.1. The highest BCUT2D eigenvalue weighted by Crippen LogP contribution is 2.36. The summed E-state index contributed by atoms with van der Waals surface area (Å²) in [4.78, 5) is 12.6. The number of aliphatic hydroxyl groups is 1. The number of halogens is 1. The van der Waals surface area contributed by atoms with Crippen molar-refractivity contribution < 1.29 is 14.6 Å². The van der Waals surface area contributed by atoms with Gasteiger partial charge in [-0.05, 0) is 62.1 Å². The summed E-state index contributed by atoms with van der Waals surface area (Å²) in [5.74, 6) is 0.287. The van der Waals surface area contributed by atoms with E-state index in [0.29, 0.717) is 17.2 Å². The molecule has 2 N–H and O–H groups in total. The fourth-order valence-electron chi connectivity index (χ4n) is 3.14. The van der Waals surface area contributed by atoms with Crippen molar-refractivity contribution in [1.29, 1.82) is 0 Å². The average Bonchev–Trinajstić information content (AvgIpc) is 2.93. The number of benzene rings is 2. The first kappa shape index (κ1) is 17.8. The summed E-state index contributed by atoms with van der Waals surface area (Å²) in [6, 6.07) is 14.7. The van der Waals surface area contributed by atoms with Gasteiger partial charge in [0.15, 0.2) is 5.60 Å². The summed E-state index contributed by atoms with van der Waals surface area (Å²) < 4.78 is 5.78. The van der Waals surface area contributed by atoms with E-state index in [1.165, 1.54) is 0 Å². The van der Waals surface area contributed by atoms with Crippen molar-refractivity contribution in [2.75, 3.05) is 6.54 Å². The van der Waals surface area contributed by atoms with E-state index < -0.39 is 11.2 Å². The molecule has 0 bridgehead atoms.